The van der Waals surface area contributed by atoms with Crippen molar-refractivity contribution >= 4 is 17.5 Å². The Morgan fingerprint density at radius 2 is 1.79 bits per heavy atom. The van der Waals surface area contributed by atoms with Gasteiger partial charge in [-0.3, -0.25) is 4.79 Å². The second kappa shape index (κ2) is 6.86. The molecule has 1 aliphatic heterocycles. The number of hydrogen-bond donors (Lipinski definition) is 2. The SMILES string of the molecule is Cc1cc(C)nc(N2CCC(C(=O)Nc3ccccc3O)CC2)n1. The number of piperidine rings is 1. The van der Waals surface area contributed by atoms with Gasteiger partial charge in [-0.1, -0.05) is 12.1 Å². The monoisotopic (exact) mass is 326 g/mol. The number of rotatable bonds is 3. The minimum Gasteiger partial charge on any atom is -0.506 e. The highest BCUT2D eigenvalue weighted by molar-refractivity contribution is 5.94. The number of phenols is 1. The van der Waals surface area contributed by atoms with Crippen LogP contribution in [-0.2, 0) is 4.79 Å². The number of carbonyl (C=O) groups is 1. The number of hydrogen-bond acceptors (Lipinski definition) is 5. The number of aromatic nitrogens is 2. The molecule has 0 spiro atoms. The van der Waals surface area contributed by atoms with Gasteiger partial charge in [-0.05, 0) is 44.9 Å². The molecule has 0 atom stereocenters. The summed E-state index contributed by atoms with van der Waals surface area (Å²) in [5, 5.41) is 12.6. The van der Waals surface area contributed by atoms with Gasteiger partial charge in [-0.15, -0.1) is 0 Å². The molecular weight excluding hydrogens is 304 g/mol. The van der Waals surface area contributed by atoms with E-state index in [9.17, 15) is 9.90 Å². The van der Waals surface area contributed by atoms with Crippen LogP contribution in [0.3, 0.4) is 0 Å². The normalized spacial score (nSPS) is 15.3. The summed E-state index contributed by atoms with van der Waals surface area (Å²) in [6.45, 7) is 5.43. The largest absolute Gasteiger partial charge is 0.506 e. The maximum Gasteiger partial charge on any atom is 0.227 e. The fraction of sp³-hybridized carbons (Fsp3) is 0.389. The molecule has 6 heteroatoms. The molecule has 0 unspecified atom stereocenters. The molecule has 2 N–H and O–H groups in total. The molecule has 24 heavy (non-hydrogen) atoms. The van der Waals surface area contributed by atoms with Gasteiger partial charge in [0.25, 0.3) is 0 Å². The van der Waals surface area contributed by atoms with Crippen LogP contribution in [-0.4, -0.2) is 34.1 Å². The molecule has 6 nitrogen and oxygen atoms in total. The second-order valence-electron chi connectivity index (χ2n) is 6.22. The smallest absolute Gasteiger partial charge is 0.227 e. The number of aryl methyl sites for hydroxylation is 2. The lowest BCUT2D eigenvalue weighted by Crippen LogP contribution is -2.39. The van der Waals surface area contributed by atoms with Crippen LogP contribution in [0, 0.1) is 19.8 Å². The van der Waals surface area contributed by atoms with E-state index in [-0.39, 0.29) is 17.6 Å². The number of nitrogens with zero attached hydrogens (tertiary/aromatic N) is 3. The quantitative estimate of drug-likeness (QED) is 0.848. The summed E-state index contributed by atoms with van der Waals surface area (Å²) in [6, 6.07) is 8.74. The Bertz CT molecular complexity index is 719. The van der Waals surface area contributed by atoms with Crippen LogP contribution in [0.15, 0.2) is 30.3 Å². The summed E-state index contributed by atoms with van der Waals surface area (Å²) in [4.78, 5) is 23.5. The van der Waals surface area contributed by atoms with Gasteiger partial charge in [-0.25, -0.2) is 9.97 Å². The first-order valence-electron chi connectivity index (χ1n) is 8.19. The van der Waals surface area contributed by atoms with Crippen molar-refractivity contribution in [2.75, 3.05) is 23.3 Å². The van der Waals surface area contributed by atoms with Crippen LogP contribution in [0.2, 0.25) is 0 Å². The molecule has 0 aliphatic carbocycles. The van der Waals surface area contributed by atoms with Crippen LogP contribution in [0.4, 0.5) is 11.6 Å². The topological polar surface area (TPSA) is 78.4 Å². The number of para-hydroxylation sites is 2. The predicted molar refractivity (Wildman–Crippen MR) is 93.2 cm³/mol. The molecule has 1 saturated heterocycles. The van der Waals surface area contributed by atoms with Crippen molar-refractivity contribution < 1.29 is 9.90 Å². The molecule has 2 heterocycles. The standard InChI is InChI=1S/C18H22N4O2/c1-12-11-13(2)20-18(19-12)22-9-7-14(8-10-22)17(24)21-15-5-3-4-6-16(15)23/h3-6,11,14,23H,7-10H2,1-2H3,(H,21,24). The average Bonchev–Trinajstić information content (AvgIpc) is 2.56. The number of phenolic OH excluding ortho intramolecular Hbond substituents is 1. The van der Waals surface area contributed by atoms with Crippen molar-refractivity contribution in [3.63, 3.8) is 0 Å². The Balaban J connectivity index is 1.60. The molecular formula is C18H22N4O2. The Morgan fingerprint density at radius 1 is 1.17 bits per heavy atom. The highest BCUT2D eigenvalue weighted by atomic mass is 16.3. The van der Waals surface area contributed by atoms with E-state index in [0.717, 1.165) is 43.3 Å². The molecule has 2 aromatic rings. The molecule has 0 radical (unpaired) electrons. The highest BCUT2D eigenvalue weighted by Gasteiger charge is 2.26. The summed E-state index contributed by atoms with van der Waals surface area (Å²) >= 11 is 0. The number of amides is 1. The molecule has 1 aromatic heterocycles. The van der Waals surface area contributed by atoms with Crippen molar-refractivity contribution in [1.29, 1.82) is 0 Å². The van der Waals surface area contributed by atoms with E-state index in [1.54, 1.807) is 24.3 Å². The minimum atomic E-state index is -0.0632. The Labute approximate surface area is 141 Å². The Kier molecular flexibility index (Phi) is 4.64. The molecule has 1 amide bonds. The summed E-state index contributed by atoms with van der Waals surface area (Å²) in [5.74, 6) is 0.725. The van der Waals surface area contributed by atoms with E-state index in [4.69, 9.17) is 0 Å². The van der Waals surface area contributed by atoms with Gasteiger partial charge in [0, 0.05) is 30.4 Å². The Hall–Kier alpha value is -2.63. The van der Waals surface area contributed by atoms with Crippen LogP contribution in [0.25, 0.3) is 0 Å². The third kappa shape index (κ3) is 3.64. The predicted octanol–water partition coefficient (Wildman–Crippen LogP) is 2.65. The summed E-state index contributed by atoms with van der Waals surface area (Å²) in [7, 11) is 0. The first-order valence-corrected chi connectivity index (χ1v) is 8.19. The summed E-state index contributed by atoms with van der Waals surface area (Å²) in [5.41, 5.74) is 2.37. The highest BCUT2D eigenvalue weighted by Crippen LogP contribution is 2.26. The van der Waals surface area contributed by atoms with Crippen molar-refractivity contribution in [2.45, 2.75) is 26.7 Å². The van der Waals surface area contributed by atoms with E-state index >= 15 is 0 Å². The van der Waals surface area contributed by atoms with Crippen molar-refractivity contribution in [1.82, 2.24) is 9.97 Å². The van der Waals surface area contributed by atoms with Gasteiger partial charge in [-0.2, -0.15) is 0 Å². The molecule has 1 aliphatic rings. The van der Waals surface area contributed by atoms with Gasteiger partial charge >= 0.3 is 0 Å². The lowest BCUT2D eigenvalue weighted by Gasteiger charge is -2.31. The van der Waals surface area contributed by atoms with Crippen LogP contribution in [0.5, 0.6) is 5.75 Å². The van der Waals surface area contributed by atoms with E-state index < -0.39 is 0 Å². The molecule has 1 aromatic carbocycles. The number of nitrogens with one attached hydrogen (secondary N) is 1. The maximum atomic E-state index is 12.4. The summed E-state index contributed by atoms with van der Waals surface area (Å²) < 4.78 is 0. The number of anilines is 2. The van der Waals surface area contributed by atoms with Gasteiger partial charge in [0.1, 0.15) is 5.75 Å². The van der Waals surface area contributed by atoms with Crippen molar-refractivity contribution in [3.05, 3.63) is 41.7 Å². The number of aromatic hydroxyl groups is 1. The zero-order valence-corrected chi connectivity index (χ0v) is 14.0. The molecule has 3 rings (SSSR count). The van der Waals surface area contributed by atoms with Gasteiger partial charge in [0.05, 0.1) is 5.69 Å². The van der Waals surface area contributed by atoms with E-state index in [1.807, 2.05) is 19.9 Å². The third-order valence-corrected chi connectivity index (χ3v) is 4.28. The second-order valence-corrected chi connectivity index (χ2v) is 6.22. The maximum absolute atomic E-state index is 12.4. The lowest BCUT2D eigenvalue weighted by atomic mass is 9.96. The van der Waals surface area contributed by atoms with Gasteiger partial charge in [0.2, 0.25) is 11.9 Å². The van der Waals surface area contributed by atoms with Gasteiger partial charge in [0.15, 0.2) is 0 Å². The zero-order chi connectivity index (χ0) is 17.1. The average molecular weight is 326 g/mol. The number of benzene rings is 1. The lowest BCUT2D eigenvalue weighted by molar-refractivity contribution is -0.120. The van der Waals surface area contributed by atoms with Crippen LogP contribution in [0.1, 0.15) is 24.2 Å². The van der Waals surface area contributed by atoms with E-state index in [0.29, 0.717) is 5.69 Å². The Morgan fingerprint density at radius 3 is 2.42 bits per heavy atom. The third-order valence-electron chi connectivity index (χ3n) is 4.28. The van der Waals surface area contributed by atoms with Gasteiger partial charge < -0.3 is 15.3 Å². The minimum absolute atomic E-state index is 0.0440. The molecule has 1 fully saturated rings. The fourth-order valence-corrected chi connectivity index (χ4v) is 3.00. The summed E-state index contributed by atoms with van der Waals surface area (Å²) in [6.07, 6.45) is 1.49. The number of carbonyl (C=O) groups excluding carboxylic acids is 1. The van der Waals surface area contributed by atoms with E-state index in [2.05, 4.69) is 20.2 Å². The molecule has 0 bridgehead atoms. The van der Waals surface area contributed by atoms with Crippen LogP contribution >= 0.6 is 0 Å². The first-order chi connectivity index (χ1) is 11.5. The van der Waals surface area contributed by atoms with E-state index in [1.165, 1.54) is 0 Å². The zero-order valence-electron chi connectivity index (χ0n) is 14.0. The fourth-order valence-electron chi connectivity index (χ4n) is 3.00. The van der Waals surface area contributed by atoms with Crippen LogP contribution < -0.4 is 10.2 Å². The molecule has 0 saturated carbocycles. The molecule has 126 valence electrons. The first kappa shape index (κ1) is 16.2. The van der Waals surface area contributed by atoms with Crippen molar-refractivity contribution in [3.8, 4) is 5.75 Å². The van der Waals surface area contributed by atoms with Crippen molar-refractivity contribution in [2.24, 2.45) is 5.92 Å².